The Morgan fingerprint density at radius 2 is 1.72 bits per heavy atom. The normalized spacial score (nSPS) is 17.8. The number of hydrogen-bond donors (Lipinski definition) is 1. The van der Waals surface area contributed by atoms with Crippen LogP contribution in [0, 0.1) is 0 Å². The highest BCUT2D eigenvalue weighted by Gasteiger charge is 2.35. The fourth-order valence-electron chi connectivity index (χ4n) is 6.15. The predicted molar refractivity (Wildman–Crippen MR) is 177 cm³/mol. The van der Waals surface area contributed by atoms with Crippen LogP contribution < -0.4 is 14.8 Å². The van der Waals surface area contributed by atoms with Gasteiger partial charge in [-0.25, -0.2) is 4.79 Å². The summed E-state index contributed by atoms with van der Waals surface area (Å²) in [6.45, 7) is 8.65. The minimum Gasteiger partial charge on any atom is -0.493 e. The largest absolute Gasteiger partial charge is 0.493 e. The fourth-order valence-corrected chi connectivity index (χ4v) is 6.15. The first-order valence-corrected chi connectivity index (χ1v) is 16.7. The predicted octanol–water partition coefficient (Wildman–Crippen LogP) is 4.88. The second-order valence-electron chi connectivity index (χ2n) is 12.4. The van der Waals surface area contributed by atoms with Gasteiger partial charge in [-0.05, 0) is 88.8 Å². The topological polar surface area (TPSA) is 107 Å². The highest BCUT2D eigenvalue weighted by molar-refractivity contribution is 5.95. The zero-order valence-corrected chi connectivity index (χ0v) is 28.1. The number of carbonyl (C=O) groups is 3. The van der Waals surface area contributed by atoms with Crippen molar-refractivity contribution < 1.29 is 33.3 Å². The first-order chi connectivity index (χ1) is 22.2. The molecule has 2 aliphatic rings. The lowest BCUT2D eigenvalue weighted by Crippen LogP contribution is -2.54. The molecule has 1 aliphatic heterocycles. The molecule has 252 valence electrons. The number of amides is 2. The second-order valence-corrected chi connectivity index (χ2v) is 12.4. The number of ether oxygens (including phenoxy) is 4. The van der Waals surface area contributed by atoms with Crippen molar-refractivity contribution in [1.82, 2.24) is 15.1 Å². The van der Waals surface area contributed by atoms with Crippen LogP contribution in [0.1, 0.15) is 85.6 Å². The molecule has 2 aromatic carbocycles. The van der Waals surface area contributed by atoms with Crippen molar-refractivity contribution in [1.29, 1.82) is 0 Å². The van der Waals surface area contributed by atoms with E-state index in [-0.39, 0.29) is 42.3 Å². The Bertz CT molecular complexity index is 1300. The van der Waals surface area contributed by atoms with Crippen LogP contribution in [0.25, 0.3) is 0 Å². The quantitative estimate of drug-likeness (QED) is 0.193. The Kier molecular flexibility index (Phi) is 13.3. The average Bonchev–Trinajstić information content (AvgIpc) is 3.89. The van der Waals surface area contributed by atoms with Gasteiger partial charge in [-0.2, -0.15) is 0 Å². The van der Waals surface area contributed by atoms with E-state index in [4.69, 9.17) is 18.9 Å². The number of nitrogens with zero attached hydrogens (tertiary/aromatic N) is 2. The molecule has 46 heavy (non-hydrogen) atoms. The van der Waals surface area contributed by atoms with Crippen molar-refractivity contribution >= 4 is 17.8 Å². The van der Waals surface area contributed by atoms with Crippen LogP contribution in [0.3, 0.4) is 0 Å². The summed E-state index contributed by atoms with van der Waals surface area (Å²) in [5.74, 6) is 0.844. The zero-order valence-electron chi connectivity index (χ0n) is 28.1. The molecule has 1 N–H and O–H groups in total. The van der Waals surface area contributed by atoms with Crippen LogP contribution in [0.4, 0.5) is 0 Å². The van der Waals surface area contributed by atoms with Gasteiger partial charge >= 0.3 is 5.97 Å². The summed E-state index contributed by atoms with van der Waals surface area (Å²) >= 11 is 0. The smallest absolute Gasteiger partial charge is 0.338 e. The maximum atomic E-state index is 13.8. The lowest BCUT2D eigenvalue weighted by molar-refractivity contribution is -0.131. The Balaban J connectivity index is 1.32. The average molecular weight is 638 g/mol. The first kappa shape index (κ1) is 35.2. The third kappa shape index (κ3) is 9.69. The number of benzene rings is 2. The standard InChI is InChI=1S/C36H51N3O7/c1-6-45-36(42)28-10-7-9-26(21-28)22-34(40)38(30-14-15-30)18-17-29-12-13-31(24-37-29)39(25(2)3)35(41)27-11-16-32(44-5)33(23-27)46-20-8-19-43-4/h7,9-11,16,21,23,25,29-31,37H,6,8,12-15,17-20,22,24H2,1-5H3/t29-,31-/m1/s1. The first-order valence-electron chi connectivity index (χ1n) is 16.7. The van der Waals surface area contributed by atoms with E-state index in [2.05, 4.69) is 19.2 Å². The molecule has 1 saturated heterocycles. The molecule has 2 aromatic rings. The molecule has 4 rings (SSSR count). The Morgan fingerprint density at radius 1 is 0.935 bits per heavy atom. The van der Waals surface area contributed by atoms with E-state index >= 15 is 0 Å². The molecule has 0 bridgehead atoms. The molecule has 0 unspecified atom stereocenters. The number of esters is 1. The van der Waals surface area contributed by atoms with Crippen LogP contribution in [-0.2, 0) is 20.7 Å². The number of nitrogens with one attached hydrogen (secondary N) is 1. The fraction of sp³-hybridized carbons (Fsp3) is 0.583. The number of carbonyl (C=O) groups excluding carboxylic acids is 3. The number of hydrogen-bond acceptors (Lipinski definition) is 8. The molecule has 2 fully saturated rings. The van der Waals surface area contributed by atoms with Crippen molar-refractivity contribution in [3.63, 3.8) is 0 Å². The Morgan fingerprint density at radius 3 is 2.37 bits per heavy atom. The van der Waals surface area contributed by atoms with E-state index in [1.54, 1.807) is 57.5 Å². The van der Waals surface area contributed by atoms with Crippen molar-refractivity contribution in [2.75, 3.05) is 47.1 Å². The van der Waals surface area contributed by atoms with Gasteiger partial charge in [-0.15, -0.1) is 0 Å². The molecule has 10 nitrogen and oxygen atoms in total. The summed E-state index contributed by atoms with van der Waals surface area (Å²) in [5.41, 5.74) is 1.86. The number of rotatable bonds is 17. The van der Waals surface area contributed by atoms with Gasteiger partial charge < -0.3 is 34.1 Å². The second kappa shape index (κ2) is 17.3. The van der Waals surface area contributed by atoms with E-state index < -0.39 is 0 Å². The van der Waals surface area contributed by atoms with Crippen molar-refractivity contribution in [3.8, 4) is 11.5 Å². The lowest BCUT2D eigenvalue weighted by Gasteiger charge is -2.40. The molecule has 0 aromatic heterocycles. The molecule has 2 atom stereocenters. The van der Waals surface area contributed by atoms with E-state index in [0.717, 1.165) is 44.1 Å². The van der Waals surface area contributed by atoms with E-state index in [0.29, 0.717) is 61.6 Å². The summed E-state index contributed by atoms with van der Waals surface area (Å²) in [6.07, 6.45) is 5.73. The van der Waals surface area contributed by atoms with E-state index in [1.807, 2.05) is 15.9 Å². The van der Waals surface area contributed by atoms with Crippen LogP contribution >= 0.6 is 0 Å². The van der Waals surface area contributed by atoms with E-state index in [1.165, 1.54) is 0 Å². The Hall–Kier alpha value is -3.63. The minimum absolute atomic E-state index is 0.0225. The van der Waals surface area contributed by atoms with Gasteiger partial charge in [-0.1, -0.05) is 12.1 Å². The molecular weight excluding hydrogens is 586 g/mol. The SMILES string of the molecule is CCOC(=O)c1cccc(CC(=O)N(CC[C@H]2CC[C@@H](N(C(=O)c3ccc(OC)c(OCCCOC)c3)C(C)C)CN2)C2CC2)c1. The summed E-state index contributed by atoms with van der Waals surface area (Å²) in [7, 11) is 3.25. The molecule has 2 amide bonds. The van der Waals surface area contributed by atoms with Crippen molar-refractivity contribution in [2.45, 2.75) is 89.9 Å². The van der Waals surface area contributed by atoms with Gasteiger partial charge in [0.2, 0.25) is 5.91 Å². The van der Waals surface area contributed by atoms with Crippen LogP contribution in [0.2, 0.25) is 0 Å². The third-order valence-corrected chi connectivity index (χ3v) is 8.66. The van der Waals surface area contributed by atoms with Gasteiger partial charge in [0.25, 0.3) is 5.91 Å². The monoisotopic (exact) mass is 637 g/mol. The van der Waals surface area contributed by atoms with Crippen LogP contribution in [0.15, 0.2) is 42.5 Å². The van der Waals surface area contributed by atoms with Crippen molar-refractivity contribution in [3.05, 3.63) is 59.2 Å². The maximum absolute atomic E-state index is 13.8. The van der Waals surface area contributed by atoms with Gasteiger partial charge in [0.1, 0.15) is 0 Å². The summed E-state index contributed by atoms with van der Waals surface area (Å²) in [5, 5.41) is 3.68. The summed E-state index contributed by atoms with van der Waals surface area (Å²) < 4.78 is 21.6. The van der Waals surface area contributed by atoms with Crippen LogP contribution in [0.5, 0.6) is 11.5 Å². The minimum atomic E-state index is -0.369. The number of piperidine rings is 1. The van der Waals surface area contributed by atoms with E-state index in [9.17, 15) is 14.4 Å². The lowest BCUT2D eigenvalue weighted by atomic mass is 9.95. The third-order valence-electron chi connectivity index (χ3n) is 8.66. The van der Waals surface area contributed by atoms with Crippen LogP contribution in [-0.4, -0.2) is 98.9 Å². The van der Waals surface area contributed by atoms with Gasteiger partial charge in [0.15, 0.2) is 11.5 Å². The van der Waals surface area contributed by atoms with Gasteiger partial charge in [-0.3, -0.25) is 9.59 Å². The summed E-state index contributed by atoms with van der Waals surface area (Å²) in [4.78, 5) is 43.3. The highest BCUT2D eigenvalue weighted by atomic mass is 16.5. The molecule has 1 aliphatic carbocycles. The van der Waals surface area contributed by atoms with Crippen molar-refractivity contribution in [2.24, 2.45) is 0 Å². The molecule has 1 saturated carbocycles. The summed E-state index contributed by atoms with van der Waals surface area (Å²) in [6, 6.07) is 13.2. The highest BCUT2D eigenvalue weighted by Crippen LogP contribution is 2.31. The van der Waals surface area contributed by atoms with Gasteiger partial charge in [0.05, 0.1) is 32.3 Å². The molecule has 10 heteroatoms. The Labute approximate surface area is 273 Å². The van der Waals surface area contributed by atoms with Gasteiger partial charge in [0, 0.05) is 63.0 Å². The zero-order chi connectivity index (χ0) is 33.1. The maximum Gasteiger partial charge on any atom is 0.338 e. The molecule has 0 spiro atoms. The molecular formula is C36H51N3O7. The molecule has 0 radical (unpaired) electrons. The molecule has 1 heterocycles. The number of methoxy groups -OCH3 is 2.